The lowest BCUT2D eigenvalue weighted by molar-refractivity contribution is -0.144. The van der Waals surface area contributed by atoms with Gasteiger partial charge in [0.25, 0.3) is 5.56 Å². The zero-order valence-corrected chi connectivity index (χ0v) is 21.9. The number of ether oxygens (including phenoxy) is 1. The van der Waals surface area contributed by atoms with Crippen molar-refractivity contribution in [1.29, 1.82) is 0 Å². The molecule has 1 N–H and O–H groups in total. The number of benzene rings is 1. The largest absolute Gasteiger partial charge is 0.466 e. The molecule has 0 spiro atoms. The summed E-state index contributed by atoms with van der Waals surface area (Å²) in [6, 6.07) is 8.59. The average molecular weight is 543 g/mol. The van der Waals surface area contributed by atoms with Gasteiger partial charge in [-0.05, 0) is 43.2 Å². The lowest BCUT2D eigenvalue weighted by Gasteiger charge is -2.10. The summed E-state index contributed by atoms with van der Waals surface area (Å²) < 4.78 is 9.21. The van der Waals surface area contributed by atoms with Gasteiger partial charge in [-0.3, -0.25) is 23.7 Å². The molecule has 3 aromatic heterocycles. The minimum absolute atomic E-state index is 0.00985. The van der Waals surface area contributed by atoms with Crippen LogP contribution in [0.1, 0.15) is 30.5 Å². The summed E-state index contributed by atoms with van der Waals surface area (Å²) in [6.07, 6.45) is 2.35. The predicted octanol–water partition coefficient (Wildman–Crippen LogP) is 3.59. The number of carbonyl (C=O) groups is 1. The molecular weight excluding hydrogens is 519 g/mol. The van der Waals surface area contributed by atoms with E-state index < -0.39 is 11.2 Å². The molecule has 1 saturated carbocycles. The van der Waals surface area contributed by atoms with E-state index in [0.717, 1.165) is 10.3 Å². The van der Waals surface area contributed by atoms with Crippen molar-refractivity contribution in [2.45, 2.75) is 25.8 Å². The third-order valence-corrected chi connectivity index (χ3v) is 7.22. The molecule has 192 valence electrons. The highest BCUT2D eigenvalue weighted by molar-refractivity contribution is 6.42. The molecule has 0 amide bonds. The van der Waals surface area contributed by atoms with E-state index in [0.29, 0.717) is 40.3 Å². The number of imidazole rings is 1. The summed E-state index contributed by atoms with van der Waals surface area (Å²) >= 11 is 12.1. The Balaban J connectivity index is 1.47. The maximum atomic E-state index is 13.4. The second-order valence-corrected chi connectivity index (χ2v) is 9.76. The Bertz CT molecular complexity index is 1660. The number of anilines is 2. The molecule has 0 radical (unpaired) electrons. The molecule has 12 heteroatoms. The normalized spacial score (nSPS) is 16.7. The average Bonchev–Trinajstić information content (AvgIpc) is 3.62. The van der Waals surface area contributed by atoms with Crippen molar-refractivity contribution in [3.05, 3.63) is 78.7 Å². The number of fused-ring (bicyclic) bond motifs is 1. The number of hydrogen-bond acceptors (Lipinski definition) is 7. The van der Waals surface area contributed by atoms with Crippen LogP contribution in [0.4, 0.5) is 11.6 Å². The molecular formula is C25H24Cl2N6O4. The summed E-state index contributed by atoms with van der Waals surface area (Å²) in [7, 11) is 3.27. The fraction of sp³-hybridized carbons (Fsp3) is 0.320. The first-order valence-electron chi connectivity index (χ1n) is 11.7. The first-order valence-corrected chi connectivity index (χ1v) is 12.4. The smallest absolute Gasteiger partial charge is 0.332 e. The van der Waals surface area contributed by atoms with Crippen LogP contribution >= 0.6 is 23.2 Å². The molecule has 1 aliphatic carbocycles. The van der Waals surface area contributed by atoms with Crippen LogP contribution < -0.4 is 16.6 Å². The van der Waals surface area contributed by atoms with Gasteiger partial charge in [0, 0.05) is 37.6 Å². The highest BCUT2D eigenvalue weighted by atomic mass is 35.5. The predicted molar refractivity (Wildman–Crippen MR) is 141 cm³/mol. The summed E-state index contributed by atoms with van der Waals surface area (Å²) in [5.41, 5.74) is 1.68. The second kappa shape index (κ2) is 9.68. The van der Waals surface area contributed by atoms with Crippen molar-refractivity contribution < 1.29 is 9.53 Å². The van der Waals surface area contributed by atoms with Crippen molar-refractivity contribution in [2.24, 2.45) is 20.0 Å². The number of aryl methyl sites for hydroxylation is 2. The summed E-state index contributed by atoms with van der Waals surface area (Å²) in [5.74, 6) is 0.00274. The first kappa shape index (κ1) is 25.0. The fourth-order valence-corrected chi connectivity index (χ4v) is 4.73. The van der Waals surface area contributed by atoms with Crippen LogP contribution in [0, 0.1) is 5.92 Å². The quantitative estimate of drug-likeness (QED) is 0.355. The minimum atomic E-state index is -0.502. The monoisotopic (exact) mass is 542 g/mol. The molecule has 1 aromatic carbocycles. The number of nitrogens with zero attached hydrogens (tertiary/aromatic N) is 5. The number of pyridine rings is 1. The minimum Gasteiger partial charge on any atom is -0.466 e. The molecule has 0 unspecified atom stereocenters. The molecule has 3 heterocycles. The van der Waals surface area contributed by atoms with Crippen molar-refractivity contribution >= 4 is 52.0 Å². The van der Waals surface area contributed by atoms with Gasteiger partial charge in [0.2, 0.25) is 5.95 Å². The Morgan fingerprint density at radius 2 is 1.92 bits per heavy atom. The Kier molecular flexibility index (Phi) is 6.55. The van der Waals surface area contributed by atoms with Crippen LogP contribution in [0.25, 0.3) is 11.2 Å². The number of halogens is 2. The first-order chi connectivity index (χ1) is 17.7. The van der Waals surface area contributed by atoms with Crippen LogP contribution in [0.15, 0.2) is 46.1 Å². The van der Waals surface area contributed by atoms with Crippen molar-refractivity contribution in [1.82, 2.24) is 23.7 Å². The van der Waals surface area contributed by atoms with Crippen molar-refractivity contribution in [3.8, 4) is 0 Å². The highest BCUT2D eigenvalue weighted by Crippen LogP contribution is 2.47. The van der Waals surface area contributed by atoms with Crippen molar-refractivity contribution in [3.63, 3.8) is 0 Å². The molecule has 0 saturated heterocycles. The van der Waals surface area contributed by atoms with E-state index in [4.69, 9.17) is 27.9 Å². The fourth-order valence-electron chi connectivity index (χ4n) is 4.40. The molecule has 5 rings (SSSR count). The van der Waals surface area contributed by atoms with Gasteiger partial charge >= 0.3 is 11.7 Å². The Morgan fingerprint density at radius 1 is 1.14 bits per heavy atom. The second-order valence-electron chi connectivity index (χ2n) is 8.94. The maximum absolute atomic E-state index is 13.4. The Hall–Kier alpha value is -3.63. The lowest BCUT2D eigenvalue weighted by atomic mass is 10.2. The van der Waals surface area contributed by atoms with E-state index in [1.165, 1.54) is 4.57 Å². The molecule has 1 aliphatic rings. The van der Waals surface area contributed by atoms with Gasteiger partial charge < -0.3 is 14.6 Å². The number of aromatic nitrogens is 5. The van der Waals surface area contributed by atoms with Gasteiger partial charge in [-0.1, -0.05) is 29.3 Å². The van der Waals surface area contributed by atoms with E-state index in [9.17, 15) is 14.4 Å². The third kappa shape index (κ3) is 4.62. The van der Waals surface area contributed by atoms with Gasteiger partial charge in [-0.25, -0.2) is 4.79 Å². The SMILES string of the molecule is CCOC(=O)[C@@H]1C[C@H]1c1cc(Nc2nc3c(c(=O)n(Cc4ccc(Cl)c(Cl)c4)c(=O)n3C)n2C)ccn1. The van der Waals surface area contributed by atoms with Gasteiger partial charge in [0.05, 0.1) is 29.1 Å². The number of nitrogens with one attached hydrogen (secondary N) is 1. The van der Waals surface area contributed by atoms with E-state index in [1.807, 2.05) is 6.07 Å². The zero-order valence-electron chi connectivity index (χ0n) is 20.4. The molecule has 1 fully saturated rings. The van der Waals surface area contributed by atoms with Crippen LogP contribution in [-0.4, -0.2) is 36.2 Å². The van der Waals surface area contributed by atoms with Crippen molar-refractivity contribution in [2.75, 3.05) is 11.9 Å². The van der Waals surface area contributed by atoms with Gasteiger partial charge in [-0.2, -0.15) is 4.98 Å². The summed E-state index contributed by atoms with van der Waals surface area (Å²) in [4.78, 5) is 47.4. The highest BCUT2D eigenvalue weighted by Gasteiger charge is 2.46. The number of hydrogen-bond donors (Lipinski definition) is 1. The zero-order chi connectivity index (χ0) is 26.4. The Morgan fingerprint density at radius 3 is 2.65 bits per heavy atom. The van der Waals surface area contributed by atoms with Crippen LogP contribution in [0.5, 0.6) is 0 Å². The maximum Gasteiger partial charge on any atom is 0.332 e. The molecule has 2 atom stereocenters. The topological polar surface area (TPSA) is 113 Å². The van der Waals surface area contributed by atoms with E-state index in [2.05, 4.69) is 15.3 Å². The van der Waals surface area contributed by atoms with E-state index >= 15 is 0 Å². The third-order valence-electron chi connectivity index (χ3n) is 6.48. The van der Waals surface area contributed by atoms with E-state index in [-0.39, 0.29) is 35.5 Å². The summed E-state index contributed by atoms with van der Waals surface area (Å²) in [6.45, 7) is 2.16. The Labute approximate surface area is 221 Å². The molecule has 0 aliphatic heterocycles. The van der Waals surface area contributed by atoms with Gasteiger partial charge in [0.1, 0.15) is 0 Å². The van der Waals surface area contributed by atoms with Crippen LogP contribution in [0.2, 0.25) is 10.0 Å². The van der Waals surface area contributed by atoms with Gasteiger partial charge in [-0.15, -0.1) is 0 Å². The van der Waals surface area contributed by atoms with Crippen LogP contribution in [-0.2, 0) is 30.2 Å². The lowest BCUT2D eigenvalue weighted by Crippen LogP contribution is -2.39. The van der Waals surface area contributed by atoms with E-state index in [1.54, 1.807) is 56.0 Å². The molecule has 37 heavy (non-hydrogen) atoms. The number of esters is 1. The van der Waals surface area contributed by atoms with Crippen LogP contribution in [0.3, 0.4) is 0 Å². The standard InChI is InChI=1S/C25H24Cl2N6O4/c1-4-37-23(35)16-11-15(16)19-10-14(7-8-28-19)29-24-30-21-20(31(24)2)22(34)33(25(36)32(21)3)12-13-5-6-17(26)18(27)9-13/h5-10,15-16H,4,11-12H2,1-3H3,(H,28,29,30)/t15-,16-/m1/s1. The van der Waals surface area contributed by atoms with Gasteiger partial charge in [0.15, 0.2) is 11.2 Å². The number of carbonyl (C=O) groups excluding carboxylic acids is 1. The molecule has 10 nitrogen and oxygen atoms in total. The number of rotatable bonds is 7. The molecule has 0 bridgehead atoms. The molecule has 4 aromatic rings. The summed E-state index contributed by atoms with van der Waals surface area (Å²) in [5, 5.41) is 3.94.